The monoisotopic (exact) mass is 267 g/mol. The quantitative estimate of drug-likeness (QED) is 0.721. The molecule has 7 heteroatoms. The van der Waals surface area contributed by atoms with Crippen molar-refractivity contribution in [3.8, 4) is 0 Å². The third-order valence-electron chi connectivity index (χ3n) is 2.38. The first-order chi connectivity index (χ1) is 9.02. The van der Waals surface area contributed by atoms with Gasteiger partial charge in [0.2, 0.25) is 0 Å². The van der Waals surface area contributed by atoms with Crippen LogP contribution in [0.4, 0.5) is 10.5 Å². The molecule has 2 amide bonds. The number of carboxylic acid groups (broad SMARTS) is 1. The molecule has 1 rings (SSSR count). The van der Waals surface area contributed by atoms with Crippen molar-refractivity contribution < 1.29 is 19.4 Å². The maximum Gasteiger partial charge on any atom is 0.337 e. The Morgan fingerprint density at radius 1 is 1.47 bits per heavy atom. The zero-order chi connectivity index (χ0) is 14.3. The number of carboxylic acids is 1. The van der Waals surface area contributed by atoms with E-state index in [1.54, 1.807) is 7.11 Å². The molecule has 3 N–H and O–H groups in total. The van der Waals surface area contributed by atoms with Gasteiger partial charge in [-0.25, -0.2) is 9.59 Å². The Kier molecular flexibility index (Phi) is 5.74. The molecule has 0 aliphatic rings. The Morgan fingerprint density at radius 3 is 2.84 bits per heavy atom. The van der Waals surface area contributed by atoms with Gasteiger partial charge in [0.15, 0.2) is 0 Å². The van der Waals surface area contributed by atoms with Gasteiger partial charge in [-0.1, -0.05) is 0 Å². The van der Waals surface area contributed by atoms with E-state index in [-0.39, 0.29) is 11.6 Å². The number of amides is 2. The minimum Gasteiger partial charge on any atom is -0.478 e. The zero-order valence-corrected chi connectivity index (χ0v) is 10.8. The van der Waals surface area contributed by atoms with Crippen LogP contribution >= 0.6 is 0 Å². The van der Waals surface area contributed by atoms with E-state index in [4.69, 9.17) is 9.84 Å². The predicted molar refractivity (Wildman–Crippen MR) is 69.3 cm³/mol. The standard InChI is InChI=1S/C12H17N3O4/c1-8(3-4-19-2)14-12(18)15-10-5-9(11(16)17)6-13-7-10/h5-8H,3-4H2,1-2H3,(H,16,17)(H2,14,15,18). The van der Waals surface area contributed by atoms with Gasteiger partial charge >= 0.3 is 12.0 Å². The number of methoxy groups -OCH3 is 1. The van der Waals surface area contributed by atoms with Crippen LogP contribution in [-0.2, 0) is 4.74 Å². The highest BCUT2D eigenvalue weighted by Crippen LogP contribution is 2.08. The van der Waals surface area contributed by atoms with Crippen molar-refractivity contribution >= 4 is 17.7 Å². The first-order valence-electron chi connectivity index (χ1n) is 5.77. The van der Waals surface area contributed by atoms with Crippen molar-refractivity contribution in [1.29, 1.82) is 0 Å². The number of aromatic carboxylic acids is 1. The van der Waals surface area contributed by atoms with Crippen molar-refractivity contribution in [3.63, 3.8) is 0 Å². The average Bonchev–Trinajstić information content (AvgIpc) is 2.36. The Bertz CT molecular complexity index is 450. The maximum absolute atomic E-state index is 11.6. The SMILES string of the molecule is COCCC(C)NC(=O)Nc1cncc(C(=O)O)c1. The summed E-state index contributed by atoms with van der Waals surface area (Å²) in [4.78, 5) is 26.1. The lowest BCUT2D eigenvalue weighted by molar-refractivity contribution is 0.0696. The average molecular weight is 267 g/mol. The van der Waals surface area contributed by atoms with Gasteiger partial charge < -0.3 is 20.5 Å². The van der Waals surface area contributed by atoms with Gasteiger partial charge in [0.1, 0.15) is 0 Å². The Hall–Kier alpha value is -2.15. The highest BCUT2D eigenvalue weighted by Gasteiger charge is 2.09. The third kappa shape index (κ3) is 5.35. The Morgan fingerprint density at radius 2 is 2.21 bits per heavy atom. The first-order valence-corrected chi connectivity index (χ1v) is 5.77. The van der Waals surface area contributed by atoms with Crippen LogP contribution < -0.4 is 10.6 Å². The largest absolute Gasteiger partial charge is 0.478 e. The van der Waals surface area contributed by atoms with E-state index < -0.39 is 12.0 Å². The van der Waals surface area contributed by atoms with E-state index in [0.717, 1.165) is 0 Å². The fourth-order valence-electron chi connectivity index (χ4n) is 1.38. The lowest BCUT2D eigenvalue weighted by Gasteiger charge is -2.14. The summed E-state index contributed by atoms with van der Waals surface area (Å²) in [7, 11) is 1.59. The van der Waals surface area contributed by atoms with Crippen LogP contribution in [0.3, 0.4) is 0 Å². The van der Waals surface area contributed by atoms with Crippen LogP contribution in [0.15, 0.2) is 18.5 Å². The second-order valence-corrected chi connectivity index (χ2v) is 4.05. The Labute approximate surface area is 111 Å². The number of ether oxygens (including phenoxy) is 1. The van der Waals surface area contributed by atoms with Gasteiger partial charge in [0.05, 0.1) is 17.4 Å². The van der Waals surface area contributed by atoms with Crippen molar-refractivity contribution in [3.05, 3.63) is 24.0 Å². The molecule has 0 spiro atoms. The number of carbonyl (C=O) groups excluding carboxylic acids is 1. The smallest absolute Gasteiger partial charge is 0.337 e. The van der Waals surface area contributed by atoms with Gasteiger partial charge in [-0.15, -0.1) is 0 Å². The van der Waals surface area contributed by atoms with Gasteiger partial charge in [0, 0.05) is 26.0 Å². The van der Waals surface area contributed by atoms with Gasteiger partial charge in [0.25, 0.3) is 0 Å². The first kappa shape index (κ1) is 14.9. The highest BCUT2D eigenvalue weighted by molar-refractivity contribution is 5.92. The molecule has 7 nitrogen and oxygen atoms in total. The van der Waals surface area contributed by atoms with E-state index >= 15 is 0 Å². The molecule has 1 atom stereocenters. The molecule has 0 aliphatic heterocycles. The van der Waals surface area contributed by atoms with Crippen LogP contribution in [0.1, 0.15) is 23.7 Å². The van der Waals surface area contributed by atoms with Gasteiger partial charge in [-0.2, -0.15) is 0 Å². The fraction of sp³-hybridized carbons (Fsp3) is 0.417. The normalized spacial score (nSPS) is 11.7. The summed E-state index contributed by atoms with van der Waals surface area (Å²) in [5.74, 6) is -1.09. The number of nitrogens with one attached hydrogen (secondary N) is 2. The second-order valence-electron chi connectivity index (χ2n) is 4.05. The van der Waals surface area contributed by atoms with Crippen LogP contribution in [0.5, 0.6) is 0 Å². The molecule has 19 heavy (non-hydrogen) atoms. The molecular weight excluding hydrogens is 250 g/mol. The van der Waals surface area contributed by atoms with E-state index in [0.29, 0.717) is 18.7 Å². The van der Waals surface area contributed by atoms with Gasteiger partial charge in [-0.05, 0) is 19.4 Å². The predicted octanol–water partition coefficient (Wildman–Crippen LogP) is 1.33. The van der Waals surface area contributed by atoms with Crippen LogP contribution in [0, 0.1) is 0 Å². The molecule has 1 heterocycles. The van der Waals surface area contributed by atoms with Gasteiger partial charge in [-0.3, -0.25) is 4.98 Å². The lowest BCUT2D eigenvalue weighted by Crippen LogP contribution is -2.36. The molecule has 0 saturated heterocycles. The molecular formula is C12H17N3O4. The van der Waals surface area contributed by atoms with E-state index in [2.05, 4.69) is 15.6 Å². The van der Waals surface area contributed by atoms with Crippen molar-refractivity contribution in [2.75, 3.05) is 19.0 Å². The van der Waals surface area contributed by atoms with Crippen molar-refractivity contribution in [2.24, 2.45) is 0 Å². The zero-order valence-electron chi connectivity index (χ0n) is 10.8. The summed E-state index contributed by atoms with van der Waals surface area (Å²) in [6, 6.07) is 0.887. The van der Waals surface area contributed by atoms with Crippen LogP contribution in [0.2, 0.25) is 0 Å². The maximum atomic E-state index is 11.6. The van der Waals surface area contributed by atoms with Crippen LogP contribution in [-0.4, -0.2) is 41.8 Å². The second kappa shape index (κ2) is 7.32. The lowest BCUT2D eigenvalue weighted by atomic mass is 10.2. The molecule has 1 unspecified atom stereocenters. The number of aromatic nitrogens is 1. The van der Waals surface area contributed by atoms with E-state index in [1.807, 2.05) is 6.92 Å². The number of carbonyl (C=O) groups is 2. The van der Waals surface area contributed by atoms with Crippen molar-refractivity contribution in [1.82, 2.24) is 10.3 Å². The Balaban J connectivity index is 2.52. The number of anilines is 1. The molecule has 0 saturated carbocycles. The van der Waals surface area contributed by atoms with E-state index in [1.165, 1.54) is 18.5 Å². The summed E-state index contributed by atoms with van der Waals surface area (Å²) < 4.78 is 4.91. The number of pyridine rings is 1. The number of hydrogen-bond donors (Lipinski definition) is 3. The molecule has 1 aromatic heterocycles. The topological polar surface area (TPSA) is 101 Å². The summed E-state index contributed by atoms with van der Waals surface area (Å²) in [5, 5.41) is 14.0. The molecule has 0 aromatic carbocycles. The number of nitrogens with zero attached hydrogens (tertiary/aromatic N) is 1. The summed E-state index contributed by atoms with van der Waals surface area (Å²) in [6.45, 7) is 2.40. The highest BCUT2D eigenvalue weighted by atomic mass is 16.5. The molecule has 0 aliphatic carbocycles. The fourth-order valence-corrected chi connectivity index (χ4v) is 1.38. The molecule has 0 radical (unpaired) electrons. The van der Waals surface area contributed by atoms with Crippen LogP contribution in [0.25, 0.3) is 0 Å². The summed E-state index contributed by atoms with van der Waals surface area (Å²) >= 11 is 0. The minimum atomic E-state index is -1.09. The minimum absolute atomic E-state index is 0.0187. The number of rotatable bonds is 6. The molecule has 0 bridgehead atoms. The van der Waals surface area contributed by atoms with E-state index in [9.17, 15) is 9.59 Å². The number of hydrogen-bond acceptors (Lipinski definition) is 4. The molecule has 0 fully saturated rings. The summed E-state index contributed by atoms with van der Waals surface area (Å²) in [6.07, 6.45) is 3.29. The number of urea groups is 1. The summed E-state index contributed by atoms with van der Waals surface area (Å²) in [5.41, 5.74) is 0.349. The third-order valence-corrected chi connectivity index (χ3v) is 2.38. The van der Waals surface area contributed by atoms with Crippen molar-refractivity contribution in [2.45, 2.75) is 19.4 Å². The molecule has 1 aromatic rings. The molecule has 104 valence electrons.